The van der Waals surface area contributed by atoms with Gasteiger partial charge in [0.15, 0.2) is 4.77 Å². The molecule has 0 spiro atoms. The smallest absolute Gasteiger partial charge is 0.182 e. The van der Waals surface area contributed by atoms with Crippen molar-refractivity contribution in [1.29, 1.82) is 0 Å². The van der Waals surface area contributed by atoms with Crippen LogP contribution in [0.3, 0.4) is 0 Å². The van der Waals surface area contributed by atoms with Crippen LogP contribution in [0.15, 0.2) is 34.8 Å². The van der Waals surface area contributed by atoms with Gasteiger partial charge in [-0.1, -0.05) is 23.2 Å². The molecule has 3 aromatic rings. The number of imidazole rings is 1. The number of aromatic amines is 1. The Morgan fingerprint density at radius 3 is 2.65 bits per heavy atom. The quantitative estimate of drug-likeness (QED) is 0.512. The van der Waals surface area contributed by atoms with Crippen molar-refractivity contribution < 1.29 is 4.39 Å². The van der Waals surface area contributed by atoms with Crippen LogP contribution in [0, 0.1) is 10.6 Å². The Morgan fingerprint density at radius 2 is 1.95 bits per heavy atom. The molecule has 0 atom stereocenters. The first-order valence-corrected chi connectivity index (χ1v) is 7.48. The molecule has 1 N–H and O–H groups in total. The highest BCUT2D eigenvalue weighted by Gasteiger charge is 2.12. The van der Waals surface area contributed by atoms with Crippen LogP contribution < -0.4 is 0 Å². The number of halogens is 4. The number of hydrogen-bond acceptors (Lipinski definition) is 1. The zero-order chi connectivity index (χ0) is 14.4. The normalized spacial score (nSPS) is 11.2. The van der Waals surface area contributed by atoms with Crippen molar-refractivity contribution in [3.05, 3.63) is 55.4 Å². The van der Waals surface area contributed by atoms with E-state index in [1.807, 2.05) is 0 Å². The van der Waals surface area contributed by atoms with Crippen LogP contribution in [-0.4, -0.2) is 9.55 Å². The fourth-order valence-corrected chi connectivity index (χ4v) is 3.15. The lowest BCUT2D eigenvalue weighted by molar-refractivity contribution is 0.622. The van der Waals surface area contributed by atoms with Crippen molar-refractivity contribution in [2.24, 2.45) is 0 Å². The number of benzene rings is 2. The van der Waals surface area contributed by atoms with E-state index in [2.05, 4.69) is 20.9 Å². The highest BCUT2D eigenvalue weighted by Crippen LogP contribution is 2.30. The molecule has 0 bridgehead atoms. The second-order valence-corrected chi connectivity index (χ2v) is 6.23. The number of nitrogens with one attached hydrogen (secondary N) is 1. The Balaban J connectivity index is 2.39. The van der Waals surface area contributed by atoms with Gasteiger partial charge >= 0.3 is 0 Å². The van der Waals surface area contributed by atoms with Gasteiger partial charge in [0.2, 0.25) is 0 Å². The third kappa shape index (κ3) is 2.29. The van der Waals surface area contributed by atoms with E-state index in [-0.39, 0.29) is 5.82 Å². The van der Waals surface area contributed by atoms with Gasteiger partial charge in [-0.3, -0.25) is 4.57 Å². The van der Waals surface area contributed by atoms with Crippen LogP contribution in [0.5, 0.6) is 0 Å². The first-order valence-electron chi connectivity index (χ1n) is 5.52. The molecule has 0 aliphatic carbocycles. The Bertz CT molecular complexity index is 888. The first-order chi connectivity index (χ1) is 9.47. The lowest BCUT2D eigenvalue weighted by atomic mass is 10.2. The molecule has 2 aromatic carbocycles. The maximum atomic E-state index is 13.8. The van der Waals surface area contributed by atoms with E-state index in [9.17, 15) is 4.39 Å². The van der Waals surface area contributed by atoms with Gasteiger partial charge in [0.25, 0.3) is 0 Å². The maximum Gasteiger partial charge on any atom is 0.182 e. The first kappa shape index (κ1) is 14.1. The minimum atomic E-state index is -0.370. The van der Waals surface area contributed by atoms with Crippen LogP contribution >= 0.6 is 51.3 Å². The zero-order valence-corrected chi connectivity index (χ0v) is 13.7. The number of H-pyrrole nitrogens is 1. The summed E-state index contributed by atoms with van der Waals surface area (Å²) in [5, 5.41) is 0.969. The summed E-state index contributed by atoms with van der Waals surface area (Å²) in [4.78, 5) is 3.02. The second-order valence-electron chi connectivity index (χ2n) is 4.14. The van der Waals surface area contributed by atoms with Gasteiger partial charge in [0.1, 0.15) is 5.82 Å². The van der Waals surface area contributed by atoms with Crippen LogP contribution in [0.1, 0.15) is 0 Å². The molecule has 1 heterocycles. The van der Waals surface area contributed by atoms with Crippen LogP contribution in [0.4, 0.5) is 4.39 Å². The fraction of sp³-hybridized carbons (Fsp3) is 0. The van der Waals surface area contributed by atoms with E-state index in [4.69, 9.17) is 35.4 Å². The Kier molecular flexibility index (Phi) is 3.62. The predicted octanol–water partition coefficient (Wildman–Crippen LogP) is 5.90. The average Bonchev–Trinajstić information content (AvgIpc) is 2.66. The van der Waals surface area contributed by atoms with Gasteiger partial charge < -0.3 is 4.98 Å². The summed E-state index contributed by atoms with van der Waals surface area (Å²) in [5.74, 6) is -0.370. The number of aromatic nitrogens is 2. The molecule has 0 saturated carbocycles. The second kappa shape index (κ2) is 5.15. The number of rotatable bonds is 1. The van der Waals surface area contributed by atoms with Gasteiger partial charge in [-0.15, -0.1) is 0 Å². The molecule has 2 nitrogen and oxygen atoms in total. The summed E-state index contributed by atoms with van der Waals surface area (Å²) in [7, 11) is 0. The van der Waals surface area contributed by atoms with E-state index < -0.39 is 0 Å². The van der Waals surface area contributed by atoms with Crippen molar-refractivity contribution in [3.8, 4) is 5.69 Å². The van der Waals surface area contributed by atoms with E-state index in [0.29, 0.717) is 36.0 Å². The number of fused-ring (bicyclic) bond motifs is 1. The van der Waals surface area contributed by atoms with Crippen LogP contribution in [0.2, 0.25) is 10.0 Å². The van der Waals surface area contributed by atoms with Gasteiger partial charge in [0.05, 0.1) is 26.2 Å². The minimum absolute atomic E-state index is 0.370. The number of hydrogen-bond donors (Lipinski definition) is 1. The summed E-state index contributed by atoms with van der Waals surface area (Å²) in [5.41, 5.74) is 1.98. The summed E-state index contributed by atoms with van der Waals surface area (Å²) in [6, 6.07) is 8.11. The Labute approximate surface area is 137 Å². The largest absolute Gasteiger partial charge is 0.330 e. The maximum absolute atomic E-state index is 13.8. The molecular formula is C13H6BrCl2FN2S. The molecule has 0 amide bonds. The number of nitrogens with zero attached hydrogens (tertiary/aromatic N) is 1. The summed E-state index contributed by atoms with van der Waals surface area (Å²) >= 11 is 20.5. The molecule has 1 aromatic heterocycles. The average molecular weight is 392 g/mol. The molecule has 0 unspecified atom stereocenters. The van der Waals surface area contributed by atoms with Crippen molar-refractivity contribution in [2.75, 3.05) is 0 Å². The minimum Gasteiger partial charge on any atom is -0.330 e. The predicted molar refractivity (Wildman–Crippen MR) is 86.1 cm³/mol. The van der Waals surface area contributed by atoms with Crippen molar-refractivity contribution in [3.63, 3.8) is 0 Å². The van der Waals surface area contributed by atoms with Crippen molar-refractivity contribution >= 4 is 62.4 Å². The Hall–Kier alpha value is -0.880. The summed E-state index contributed by atoms with van der Waals surface area (Å²) in [6.45, 7) is 0. The molecule has 0 fully saturated rings. The SMILES string of the molecule is Fc1cc2c(cc1Br)[nH]c(=S)n2-c1ccc(Cl)cc1Cl. The Morgan fingerprint density at radius 1 is 1.20 bits per heavy atom. The molecule has 0 aliphatic heterocycles. The van der Waals surface area contributed by atoms with Gasteiger partial charge in [0, 0.05) is 11.1 Å². The highest BCUT2D eigenvalue weighted by molar-refractivity contribution is 9.10. The highest BCUT2D eigenvalue weighted by atomic mass is 79.9. The molecule has 102 valence electrons. The van der Waals surface area contributed by atoms with Gasteiger partial charge in [-0.05, 0) is 52.4 Å². The zero-order valence-electron chi connectivity index (χ0n) is 9.75. The van der Waals surface area contributed by atoms with Gasteiger partial charge in [-0.2, -0.15) is 0 Å². The van der Waals surface area contributed by atoms with Crippen molar-refractivity contribution in [1.82, 2.24) is 9.55 Å². The van der Waals surface area contributed by atoms with E-state index in [0.717, 1.165) is 0 Å². The molecule has 7 heteroatoms. The third-order valence-corrected chi connectivity index (χ3v) is 4.31. The van der Waals surface area contributed by atoms with Crippen LogP contribution in [-0.2, 0) is 0 Å². The lowest BCUT2D eigenvalue weighted by Crippen LogP contribution is -1.95. The van der Waals surface area contributed by atoms with E-state index >= 15 is 0 Å². The molecule has 0 saturated heterocycles. The fourth-order valence-electron chi connectivity index (χ4n) is 2.00. The summed E-state index contributed by atoms with van der Waals surface area (Å²) in [6.07, 6.45) is 0. The topological polar surface area (TPSA) is 20.7 Å². The molecule has 20 heavy (non-hydrogen) atoms. The summed E-state index contributed by atoms with van der Waals surface area (Å²) < 4.78 is 16.2. The lowest BCUT2D eigenvalue weighted by Gasteiger charge is -2.07. The molecular weight excluding hydrogens is 386 g/mol. The molecule has 3 rings (SSSR count). The van der Waals surface area contributed by atoms with E-state index in [1.165, 1.54) is 6.07 Å². The van der Waals surface area contributed by atoms with Gasteiger partial charge in [-0.25, -0.2) is 4.39 Å². The molecule has 0 radical (unpaired) electrons. The van der Waals surface area contributed by atoms with Crippen LogP contribution in [0.25, 0.3) is 16.7 Å². The van der Waals surface area contributed by atoms with E-state index in [1.54, 1.807) is 28.8 Å². The third-order valence-electron chi connectivity index (χ3n) is 2.87. The standard InChI is InChI=1S/C13H6BrCl2FN2S/c14-7-4-10-12(5-9(7)17)19(13(20)18-10)11-2-1-6(15)3-8(11)16/h1-5H,(H,18,20). The monoisotopic (exact) mass is 390 g/mol. The molecule has 0 aliphatic rings. The van der Waals surface area contributed by atoms with Crippen molar-refractivity contribution in [2.45, 2.75) is 0 Å².